The molecule has 0 saturated heterocycles. The molecule has 0 aliphatic heterocycles. The first kappa shape index (κ1) is 79.6. The fraction of sp³-hybridized carbons (Fsp3) is 0.779. The lowest BCUT2D eigenvalue weighted by Gasteiger charge is -2.18. The van der Waals surface area contributed by atoms with Crippen molar-refractivity contribution >= 4 is 17.9 Å². The van der Waals surface area contributed by atoms with Crippen molar-refractivity contribution in [2.24, 2.45) is 0 Å². The second-order valence-electron chi connectivity index (χ2n) is 24.1. The van der Waals surface area contributed by atoms with Crippen LogP contribution in [-0.2, 0) is 28.6 Å². The number of rotatable bonds is 66. The summed E-state index contributed by atoms with van der Waals surface area (Å²) in [5, 5.41) is 0. The van der Waals surface area contributed by atoms with E-state index < -0.39 is 6.10 Å². The summed E-state index contributed by atoms with van der Waals surface area (Å²) in [6.45, 7) is 6.53. The minimum absolute atomic E-state index is 0.0939. The zero-order valence-electron chi connectivity index (χ0n) is 55.2. The largest absolute Gasteiger partial charge is 0.462 e. The second-order valence-corrected chi connectivity index (χ2v) is 24.1. The van der Waals surface area contributed by atoms with Gasteiger partial charge in [-0.05, 0) is 96.3 Å². The maximum Gasteiger partial charge on any atom is 0.306 e. The van der Waals surface area contributed by atoms with E-state index in [1.54, 1.807) is 0 Å². The van der Waals surface area contributed by atoms with Crippen molar-refractivity contribution in [3.8, 4) is 0 Å². The van der Waals surface area contributed by atoms with Gasteiger partial charge in [-0.15, -0.1) is 0 Å². The van der Waals surface area contributed by atoms with Crippen molar-refractivity contribution in [3.05, 3.63) is 85.1 Å². The van der Waals surface area contributed by atoms with Crippen LogP contribution in [0.3, 0.4) is 0 Å². The molecule has 0 bridgehead atoms. The summed E-state index contributed by atoms with van der Waals surface area (Å²) in [5.74, 6) is -0.928. The van der Waals surface area contributed by atoms with Gasteiger partial charge in [-0.1, -0.05) is 337 Å². The van der Waals surface area contributed by atoms with Gasteiger partial charge in [-0.3, -0.25) is 14.4 Å². The van der Waals surface area contributed by atoms with Gasteiger partial charge in [0.2, 0.25) is 0 Å². The van der Waals surface area contributed by atoms with E-state index in [2.05, 4.69) is 106 Å². The van der Waals surface area contributed by atoms with Crippen molar-refractivity contribution in [2.45, 2.75) is 374 Å². The predicted octanol–water partition coefficient (Wildman–Crippen LogP) is 25.0. The molecule has 0 fully saturated rings. The molecule has 83 heavy (non-hydrogen) atoms. The molecule has 0 saturated carbocycles. The van der Waals surface area contributed by atoms with E-state index in [1.165, 1.54) is 225 Å². The Bertz CT molecular complexity index is 1570. The summed E-state index contributed by atoms with van der Waals surface area (Å²) in [6, 6.07) is 0. The molecule has 0 aromatic heterocycles. The van der Waals surface area contributed by atoms with Crippen molar-refractivity contribution in [2.75, 3.05) is 13.2 Å². The molecule has 480 valence electrons. The van der Waals surface area contributed by atoms with Gasteiger partial charge in [0.25, 0.3) is 0 Å². The lowest BCUT2D eigenvalue weighted by Crippen LogP contribution is -2.30. The second kappa shape index (κ2) is 71.1. The molecule has 0 aliphatic carbocycles. The molecular formula is C77H136O6. The first-order valence-electron chi connectivity index (χ1n) is 36.1. The number of ether oxygens (including phenoxy) is 3. The lowest BCUT2D eigenvalue weighted by atomic mass is 10.0. The average Bonchev–Trinajstić information content (AvgIpc) is 3.49. The highest BCUT2D eigenvalue weighted by atomic mass is 16.6. The Kier molecular flexibility index (Phi) is 68.2. The van der Waals surface area contributed by atoms with E-state index >= 15 is 0 Å². The molecule has 0 radical (unpaired) electrons. The van der Waals surface area contributed by atoms with Crippen LogP contribution in [0.1, 0.15) is 367 Å². The third-order valence-electron chi connectivity index (χ3n) is 15.9. The highest BCUT2D eigenvalue weighted by molar-refractivity contribution is 5.71. The number of esters is 3. The molecule has 0 N–H and O–H groups in total. The Morgan fingerprint density at radius 3 is 0.771 bits per heavy atom. The van der Waals surface area contributed by atoms with Gasteiger partial charge in [0.05, 0.1) is 0 Å². The zero-order chi connectivity index (χ0) is 59.9. The fourth-order valence-corrected chi connectivity index (χ4v) is 10.5. The Hall–Kier alpha value is -3.41. The van der Waals surface area contributed by atoms with Crippen molar-refractivity contribution < 1.29 is 28.6 Å². The Labute approximate surface area is 515 Å². The SMILES string of the molecule is CC/C=C\C/C=C\C/C=C\C/C=C\C/C=C\C/C=C\CCCCC(=O)OC(COC(=O)CCCCCCC/C=C\CCCCCCCC)COC(=O)CCCCCCCCCCCCCCCCCCCCCCCCCCCCCCC. The lowest BCUT2D eigenvalue weighted by molar-refractivity contribution is -0.167. The van der Waals surface area contributed by atoms with Crippen LogP contribution in [0, 0.1) is 0 Å². The van der Waals surface area contributed by atoms with Crippen molar-refractivity contribution in [1.82, 2.24) is 0 Å². The summed E-state index contributed by atoms with van der Waals surface area (Å²) in [5.41, 5.74) is 0. The molecule has 1 unspecified atom stereocenters. The quantitative estimate of drug-likeness (QED) is 0.0261. The predicted molar refractivity (Wildman–Crippen MR) is 362 cm³/mol. The normalized spacial score (nSPS) is 12.6. The molecule has 0 aliphatic rings. The zero-order valence-corrected chi connectivity index (χ0v) is 55.2. The van der Waals surface area contributed by atoms with E-state index in [0.717, 1.165) is 96.3 Å². The summed E-state index contributed by atoms with van der Waals surface area (Å²) >= 11 is 0. The molecule has 0 aromatic carbocycles. The number of hydrogen-bond acceptors (Lipinski definition) is 6. The van der Waals surface area contributed by atoms with E-state index in [0.29, 0.717) is 19.3 Å². The van der Waals surface area contributed by atoms with Crippen LogP contribution in [0.25, 0.3) is 0 Å². The van der Waals surface area contributed by atoms with E-state index in [-0.39, 0.29) is 37.5 Å². The summed E-state index contributed by atoms with van der Waals surface area (Å²) in [7, 11) is 0. The first-order valence-corrected chi connectivity index (χ1v) is 36.1. The molecule has 0 heterocycles. The Balaban J connectivity index is 4.31. The van der Waals surface area contributed by atoms with E-state index in [9.17, 15) is 14.4 Å². The maximum absolute atomic E-state index is 12.9. The van der Waals surface area contributed by atoms with Crippen LogP contribution in [0.5, 0.6) is 0 Å². The molecule has 6 heteroatoms. The number of carbonyl (C=O) groups excluding carboxylic acids is 3. The maximum atomic E-state index is 12.9. The minimum atomic E-state index is -0.804. The Morgan fingerprint density at radius 2 is 0.470 bits per heavy atom. The smallest absolute Gasteiger partial charge is 0.306 e. The third-order valence-corrected chi connectivity index (χ3v) is 15.9. The number of allylic oxidation sites excluding steroid dienone is 14. The molecule has 0 amide bonds. The van der Waals surface area contributed by atoms with Crippen LogP contribution in [0.15, 0.2) is 85.1 Å². The van der Waals surface area contributed by atoms with Crippen LogP contribution in [-0.4, -0.2) is 37.2 Å². The van der Waals surface area contributed by atoms with Gasteiger partial charge in [0.15, 0.2) is 6.10 Å². The third kappa shape index (κ3) is 69.3. The van der Waals surface area contributed by atoms with Crippen LogP contribution >= 0.6 is 0 Å². The summed E-state index contributed by atoms with van der Waals surface area (Å²) in [6.07, 6.45) is 94.9. The Morgan fingerprint density at radius 1 is 0.253 bits per heavy atom. The van der Waals surface area contributed by atoms with Gasteiger partial charge in [0, 0.05) is 19.3 Å². The van der Waals surface area contributed by atoms with Gasteiger partial charge in [-0.2, -0.15) is 0 Å². The van der Waals surface area contributed by atoms with Gasteiger partial charge in [0.1, 0.15) is 13.2 Å². The minimum Gasteiger partial charge on any atom is -0.462 e. The molecule has 6 nitrogen and oxygen atoms in total. The van der Waals surface area contributed by atoms with Crippen LogP contribution < -0.4 is 0 Å². The van der Waals surface area contributed by atoms with Gasteiger partial charge >= 0.3 is 17.9 Å². The molecule has 1 atom stereocenters. The van der Waals surface area contributed by atoms with Crippen molar-refractivity contribution in [1.29, 1.82) is 0 Å². The highest BCUT2D eigenvalue weighted by Gasteiger charge is 2.19. The fourth-order valence-electron chi connectivity index (χ4n) is 10.5. The average molecular weight is 1160 g/mol. The monoisotopic (exact) mass is 1160 g/mol. The highest BCUT2D eigenvalue weighted by Crippen LogP contribution is 2.18. The van der Waals surface area contributed by atoms with E-state index in [4.69, 9.17) is 14.2 Å². The van der Waals surface area contributed by atoms with Crippen molar-refractivity contribution in [3.63, 3.8) is 0 Å². The van der Waals surface area contributed by atoms with Gasteiger partial charge in [-0.25, -0.2) is 0 Å². The molecular weight excluding hydrogens is 1020 g/mol. The van der Waals surface area contributed by atoms with Crippen LogP contribution in [0.4, 0.5) is 0 Å². The summed E-state index contributed by atoms with van der Waals surface area (Å²) < 4.78 is 16.9. The molecule has 0 rings (SSSR count). The molecule has 0 aromatic rings. The van der Waals surface area contributed by atoms with Gasteiger partial charge < -0.3 is 14.2 Å². The number of carbonyl (C=O) groups is 3. The standard InChI is InChI=1S/C77H136O6/c1-4-7-10-13-16-19-22-25-28-30-32-34-35-36-37-38-39-40-41-43-44-46-49-52-55-58-61-64-67-70-76(79)82-73-74(72-81-75(78)69-66-63-60-57-54-51-48-27-24-21-18-15-12-9-6-3)83-77(80)71-68-65-62-59-56-53-50-47-45-42-33-31-29-26-23-20-17-14-11-8-5-2/h8,11,17,20,26-27,29,33,42,47-48,50,56,59,74H,4-7,9-10,12-16,18-19,21-25,28,30-32,34-41,43-46,49,51-55,57-58,60-73H2,1-3H3/b11-8-,20-17-,29-26-,42-33-,48-27-,50-47-,59-56-. The van der Waals surface area contributed by atoms with E-state index in [1.807, 2.05) is 0 Å². The first-order chi connectivity index (χ1) is 41.0. The molecule has 0 spiro atoms. The topological polar surface area (TPSA) is 78.9 Å². The number of hydrogen-bond donors (Lipinski definition) is 0. The number of unbranched alkanes of at least 4 members (excludes halogenated alkanes) is 41. The summed E-state index contributed by atoms with van der Waals surface area (Å²) in [4.78, 5) is 38.4. The van der Waals surface area contributed by atoms with Crippen LogP contribution in [0.2, 0.25) is 0 Å².